The van der Waals surface area contributed by atoms with Crippen molar-refractivity contribution in [2.24, 2.45) is 0 Å². The van der Waals surface area contributed by atoms with Gasteiger partial charge in [0.2, 0.25) is 0 Å². The second-order valence-corrected chi connectivity index (χ2v) is 5.62. The summed E-state index contributed by atoms with van der Waals surface area (Å²) in [6, 6.07) is 10.9. The zero-order chi connectivity index (χ0) is 16.8. The van der Waals surface area contributed by atoms with E-state index < -0.39 is 0 Å². The summed E-state index contributed by atoms with van der Waals surface area (Å²) in [4.78, 5) is 14.7. The summed E-state index contributed by atoms with van der Waals surface area (Å²) in [6.07, 6.45) is 1.66. The second kappa shape index (κ2) is 7.99. The minimum atomic E-state index is -0.126. The molecule has 1 aliphatic rings. The standard InChI is InChI=1S/C18H22N2O4/c1-22-15-5-2-4-14(12-15)18(21)19-13-16(17-6-3-9-24-17)20-7-10-23-11-8-20/h2-6,9,12,16H,7-8,10-11,13H2,1H3,(H,19,21)/t16-/m1/s1. The maximum atomic E-state index is 12.4. The van der Waals surface area contributed by atoms with E-state index in [0.29, 0.717) is 31.1 Å². The first-order chi connectivity index (χ1) is 11.8. The van der Waals surface area contributed by atoms with E-state index in [9.17, 15) is 4.79 Å². The van der Waals surface area contributed by atoms with Crippen LogP contribution in [0.3, 0.4) is 0 Å². The highest BCUT2D eigenvalue weighted by molar-refractivity contribution is 5.94. The zero-order valence-electron chi connectivity index (χ0n) is 13.7. The van der Waals surface area contributed by atoms with Crippen LogP contribution in [0.4, 0.5) is 0 Å². The molecule has 1 N–H and O–H groups in total. The van der Waals surface area contributed by atoms with Gasteiger partial charge in [-0.25, -0.2) is 0 Å². The van der Waals surface area contributed by atoms with Crippen molar-refractivity contribution in [2.75, 3.05) is 40.0 Å². The van der Waals surface area contributed by atoms with E-state index in [-0.39, 0.29) is 11.9 Å². The Labute approximate surface area is 141 Å². The Balaban J connectivity index is 1.67. The molecule has 1 aromatic carbocycles. The fraction of sp³-hybridized carbons (Fsp3) is 0.389. The van der Waals surface area contributed by atoms with Crippen LogP contribution in [0, 0.1) is 0 Å². The molecule has 3 rings (SSSR count). The normalized spacial score (nSPS) is 16.5. The van der Waals surface area contributed by atoms with Gasteiger partial charge in [0.15, 0.2) is 0 Å². The van der Waals surface area contributed by atoms with Gasteiger partial charge in [-0.15, -0.1) is 0 Å². The van der Waals surface area contributed by atoms with Crippen molar-refractivity contribution in [3.8, 4) is 5.75 Å². The Kier molecular flexibility index (Phi) is 5.51. The maximum absolute atomic E-state index is 12.4. The highest BCUT2D eigenvalue weighted by atomic mass is 16.5. The van der Waals surface area contributed by atoms with Crippen LogP contribution in [0.15, 0.2) is 47.1 Å². The number of nitrogens with one attached hydrogen (secondary N) is 1. The average molecular weight is 330 g/mol. The molecule has 6 nitrogen and oxygen atoms in total. The first-order valence-corrected chi connectivity index (χ1v) is 8.05. The van der Waals surface area contributed by atoms with Gasteiger partial charge in [0.1, 0.15) is 11.5 Å². The summed E-state index contributed by atoms with van der Waals surface area (Å²) < 4.78 is 16.2. The fourth-order valence-corrected chi connectivity index (χ4v) is 2.84. The van der Waals surface area contributed by atoms with Crippen molar-refractivity contribution in [3.05, 3.63) is 54.0 Å². The van der Waals surface area contributed by atoms with Crippen LogP contribution in [-0.4, -0.2) is 50.8 Å². The topological polar surface area (TPSA) is 63.9 Å². The third-order valence-electron chi connectivity index (χ3n) is 4.15. The van der Waals surface area contributed by atoms with Crippen LogP contribution in [-0.2, 0) is 4.74 Å². The van der Waals surface area contributed by atoms with Gasteiger partial charge in [-0.1, -0.05) is 6.07 Å². The molecule has 1 amide bonds. The molecule has 1 aromatic heterocycles. The lowest BCUT2D eigenvalue weighted by Gasteiger charge is -2.33. The molecule has 0 unspecified atom stereocenters. The monoisotopic (exact) mass is 330 g/mol. The third kappa shape index (κ3) is 3.96. The smallest absolute Gasteiger partial charge is 0.251 e. The molecule has 24 heavy (non-hydrogen) atoms. The summed E-state index contributed by atoms with van der Waals surface area (Å²) in [7, 11) is 1.59. The van der Waals surface area contributed by atoms with Crippen molar-refractivity contribution in [2.45, 2.75) is 6.04 Å². The Morgan fingerprint density at radius 1 is 1.29 bits per heavy atom. The van der Waals surface area contributed by atoms with E-state index in [1.165, 1.54) is 0 Å². The molecule has 2 aromatic rings. The number of carbonyl (C=O) groups excluding carboxylic acids is 1. The highest BCUT2D eigenvalue weighted by Crippen LogP contribution is 2.22. The first kappa shape index (κ1) is 16.5. The molecule has 1 atom stereocenters. The second-order valence-electron chi connectivity index (χ2n) is 5.62. The molecule has 0 bridgehead atoms. The molecule has 6 heteroatoms. The number of morpholine rings is 1. The van der Waals surface area contributed by atoms with Crippen molar-refractivity contribution in [1.82, 2.24) is 10.2 Å². The molecule has 1 fully saturated rings. The quantitative estimate of drug-likeness (QED) is 0.879. The van der Waals surface area contributed by atoms with E-state index in [1.807, 2.05) is 18.2 Å². The highest BCUT2D eigenvalue weighted by Gasteiger charge is 2.25. The summed E-state index contributed by atoms with van der Waals surface area (Å²) >= 11 is 0. The fourth-order valence-electron chi connectivity index (χ4n) is 2.84. The Hall–Kier alpha value is -2.31. The van der Waals surface area contributed by atoms with E-state index in [1.54, 1.807) is 31.6 Å². The van der Waals surface area contributed by atoms with Crippen LogP contribution < -0.4 is 10.1 Å². The molecule has 1 aliphatic heterocycles. The molecule has 0 saturated carbocycles. The van der Waals surface area contributed by atoms with Gasteiger partial charge in [0.25, 0.3) is 5.91 Å². The molecule has 1 saturated heterocycles. The number of furan rings is 1. The van der Waals surface area contributed by atoms with Gasteiger partial charge in [0, 0.05) is 25.2 Å². The lowest BCUT2D eigenvalue weighted by Crippen LogP contribution is -2.43. The lowest BCUT2D eigenvalue weighted by atomic mass is 10.1. The van der Waals surface area contributed by atoms with E-state index >= 15 is 0 Å². The molecule has 0 spiro atoms. The number of methoxy groups -OCH3 is 1. The minimum Gasteiger partial charge on any atom is -0.497 e. The van der Waals surface area contributed by atoms with Gasteiger partial charge >= 0.3 is 0 Å². The number of ether oxygens (including phenoxy) is 2. The molecule has 0 radical (unpaired) electrons. The first-order valence-electron chi connectivity index (χ1n) is 8.05. The van der Waals surface area contributed by atoms with Crippen LogP contribution in [0.5, 0.6) is 5.75 Å². The number of carbonyl (C=O) groups is 1. The number of nitrogens with zero attached hydrogens (tertiary/aromatic N) is 1. The summed E-state index contributed by atoms with van der Waals surface area (Å²) in [5.41, 5.74) is 0.578. The van der Waals surface area contributed by atoms with Crippen LogP contribution >= 0.6 is 0 Å². The van der Waals surface area contributed by atoms with E-state index in [4.69, 9.17) is 13.9 Å². The van der Waals surface area contributed by atoms with Crippen molar-refractivity contribution < 1.29 is 18.7 Å². The van der Waals surface area contributed by atoms with Crippen LogP contribution in [0.1, 0.15) is 22.2 Å². The third-order valence-corrected chi connectivity index (χ3v) is 4.15. The van der Waals surface area contributed by atoms with Crippen molar-refractivity contribution in [3.63, 3.8) is 0 Å². The maximum Gasteiger partial charge on any atom is 0.251 e. The van der Waals surface area contributed by atoms with Crippen molar-refractivity contribution >= 4 is 5.91 Å². The summed E-state index contributed by atoms with van der Waals surface area (Å²) in [5, 5.41) is 3.00. The summed E-state index contributed by atoms with van der Waals surface area (Å²) in [5.74, 6) is 1.39. The van der Waals surface area contributed by atoms with Gasteiger partial charge in [-0.2, -0.15) is 0 Å². The number of hydrogen-bond acceptors (Lipinski definition) is 5. The Morgan fingerprint density at radius 3 is 2.83 bits per heavy atom. The van der Waals surface area contributed by atoms with E-state index in [2.05, 4.69) is 10.2 Å². The molecular formula is C18H22N2O4. The number of amides is 1. The largest absolute Gasteiger partial charge is 0.497 e. The Morgan fingerprint density at radius 2 is 2.12 bits per heavy atom. The predicted molar refractivity (Wildman–Crippen MR) is 89.2 cm³/mol. The van der Waals surface area contributed by atoms with Crippen molar-refractivity contribution in [1.29, 1.82) is 0 Å². The number of rotatable bonds is 6. The van der Waals surface area contributed by atoms with Gasteiger partial charge in [0.05, 0.1) is 32.6 Å². The molecule has 2 heterocycles. The summed E-state index contributed by atoms with van der Waals surface area (Å²) in [6.45, 7) is 3.51. The number of hydrogen-bond donors (Lipinski definition) is 1. The average Bonchev–Trinajstić information content (AvgIpc) is 3.17. The van der Waals surface area contributed by atoms with Gasteiger partial charge < -0.3 is 19.2 Å². The zero-order valence-corrected chi connectivity index (χ0v) is 13.7. The number of benzene rings is 1. The molecule has 128 valence electrons. The minimum absolute atomic E-state index is 0.00143. The lowest BCUT2D eigenvalue weighted by molar-refractivity contribution is 0.0118. The van der Waals surface area contributed by atoms with E-state index in [0.717, 1.165) is 18.8 Å². The SMILES string of the molecule is COc1cccc(C(=O)NC[C@H](c2ccco2)N2CCOCC2)c1. The molecular weight excluding hydrogens is 308 g/mol. The predicted octanol–water partition coefficient (Wildman–Crippen LogP) is 2.09. The van der Waals surface area contributed by atoms with Gasteiger partial charge in [-0.3, -0.25) is 9.69 Å². The van der Waals surface area contributed by atoms with Gasteiger partial charge in [-0.05, 0) is 30.3 Å². The molecule has 0 aliphatic carbocycles. The Bertz CT molecular complexity index is 651. The van der Waals surface area contributed by atoms with Crippen LogP contribution in [0.2, 0.25) is 0 Å². The van der Waals surface area contributed by atoms with Crippen LogP contribution in [0.25, 0.3) is 0 Å².